The predicted molar refractivity (Wildman–Crippen MR) is 95.0 cm³/mol. The first-order chi connectivity index (χ1) is 11.0. The van der Waals surface area contributed by atoms with Crippen molar-refractivity contribution in [1.82, 2.24) is 4.90 Å². The molecule has 3 nitrogen and oxygen atoms in total. The van der Waals surface area contributed by atoms with Crippen LogP contribution >= 0.6 is 11.6 Å². The van der Waals surface area contributed by atoms with Crippen LogP contribution in [0.1, 0.15) is 24.1 Å². The Balaban J connectivity index is 1.96. The lowest BCUT2D eigenvalue weighted by Crippen LogP contribution is -2.50. The lowest BCUT2D eigenvalue weighted by molar-refractivity contribution is -0.129. The molecule has 23 heavy (non-hydrogen) atoms. The van der Waals surface area contributed by atoms with Crippen LogP contribution in [0.4, 0.5) is 5.69 Å². The minimum absolute atomic E-state index is 0.132. The summed E-state index contributed by atoms with van der Waals surface area (Å²) in [4.78, 5) is 16.1. The van der Waals surface area contributed by atoms with Gasteiger partial charge in [-0.15, -0.1) is 0 Å². The second-order valence-corrected chi connectivity index (χ2v) is 6.50. The van der Waals surface area contributed by atoms with Crippen LogP contribution < -0.4 is 4.90 Å². The predicted octanol–water partition coefficient (Wildman–Crippen LogP) is 4.06. The highest BCUT2D eigenvalue weighted by Crippen LogP contribution is 2.31. The highest BCUT2D eigenvalue weighted by Gasteiger charge is 2.29. The van der Waals surface area contributed by atoms with Gasteiger partial charge >= 0.3 is 0 Å². The van der Waals surface area contributed by atoms with Gasteiger partial charge in [-0.2, -0.15) is 0 Å². The van der Waals surface area contributed by atoms with Crippen molar-refractivity contribution in [1.29, 1.82) is 0 Å². The summed E-state index contributed by atoms with van der Waals surface area (Å²) < 4.78 is 0. The van der Waals surface area contributed by atoms with E-state index in [1.807, 2.05) is 17.0 Å². The summed E-state index contributed by atoms with van der Waals surface area (Å²) in [5.74, 6) is 0.132. The highest BCUT2D eigenvalue weighted by atomic mass is 35.5. The summed E-state index contributed by atoms with van der Waals surface area (Å²) in [5, 5.41) is 0.732. The summed E-state index contributed by atoms with van der Waals surface area (Å²) in [6, 6.07) is 16.6. The average molecular weight is 329 g/mol. The van der Waals surface area contributed by atoms with E-state index in [0.29, 0.717) is 6.54 Å². The van der Waals surface area contributed by atoms with E-state index >= 15 is 0 Å². The molecule has 0 N–H and O–H groups in total. The number of hydrogen-bond donors (Lipinski definition) is 0. The van der Waals surface area contributed by atoms with Crippen molar-refractivity contribution in [2.45, 2.75) is 19.9 Å². The van der Waals surface area contributed by atoms with Crippen LogP contribution in [0.15, 0.2) is 48.5 Å². The molecule has 1 amide bonds. The molecule has 0 saturated carbocycles. The minimum atomic E-state index is 0.132. The van der Waals surface area contributed by atoms with Crippen molar-refractivity contribution < 1.29 is 4.79 Å². The lowest BCUT2D eigenvalue weighted by Gasteiger charge is -2.43. The SMILES string of the molecule is CC(=O)N1CCN(c2cccc(C)c2)C(c2ccc(Cl)cc2)C1. The Hall–Kier alpha value is -2.00. The van der Waals surface area contributed by atoms with Gasteiger partial charge in [0.2, 0.25) is 5.91 Å². The monoisotopic (exact) mass is 328 g/mol. The fraction of sp³-hybridized carbons (Fsp3) is 0.316. The van der Waals surface area contributed by atoms with Crippen LogP contribution in [0.2, 0.25) is 5.02 Å². The van der Waals surface area contributed by atoms with Gasteiger partial charge in [0.05, 0.1) is 6.04 Å². The quantitative estimate of drug-likeness (QED) is 0.830. The number of piperazine rings is 1. The zero-order chi connectivity index (χ0) is 16.4. The lowest BCUT2D eigenvalue weighted by atomic mass is 10.0. The van der Waals surface area contributed by atoms with E-state index in [1.54, 1.807) is 6.92 Å². The van der Waals surface area contributed by atoms with E-state index < -0.39 is 0 Å². The van der Waals surface area contributed by atoms with E-state index in [0.717, 1.165) is 18.1 Å². The molecule has 1 heterocycles. The number of aryl methyl sites for hydroxylation is 1. The molecular formula is C19H21ClN2O. The molecule has 1 aliphatic heterocycles. The number of amides is 1. The highest BCUT2D eigenvalue weighted by molar-refractivity contribution is 6.30. The molecule has 1 saturated heterocycles. The second-order valence-electron chi connectivity index (χ2n) is 6.06. The van der Waals surface area contributed by atoms with Crippen molar-refractivity contribution in [3.8, 4) is 0 Å². The van der Waals surface area contributed by atoms with Crippen LogP contribution in [-0.4, -0.2) is 30.4 Å². The van der Waals surface area contributed by atoms with E-state index in [4.69, 9.17) is 11.6 Å². The van der Waals surface area contributed by atoms with Gasteiger partial charge in [-0.1, -0.05) is 35.9 Å². The fourth-order valence-electron chi connectivity index (χ4n) is 3.15. The van der Waals surface area contributed by atoms with Crippen LogP contribution in [0.3, 0.4) is 0 Å². The van der Waals surface area contributed by atoms with Gasteiger partial charge in [-0.05, 0) is 42.3 Å². The number of carbonyl (C=O) groups excluding carboxylic acids is 1. The molecule has 0 aliphatic carbocycles. The Labute approximate surface area is 142 Å². The largest absolute Gasteiger partial charge is 0.361 e. The van der Waals surface area contributed by atoms with Gasteiger partial charge < -0.3 is 9.80 Å². The van der Waals surface area contributed by atoms with Crippen LogP contribution in [0.25, 0.3) is 0 Å². The summed E-state index contributed by atoms with van der Waals surface area (Å²) in [6.45, 7) is 6.03. The molecule has 4 heteroatoms. The van der Waals surface area contributed by atoms with Gasteiger partial charge in [0.15, 0.2) is 0 Å². The summed E-state index contributed by atoms with van der Waals surface area (Å²) in [5.41, 5.74) is 3.63. The van der Waals surface area contributed by atoms with E-state index in [9.17, 15) is 4.79 Å². The van der Waals surface area contributed by atoms with Crippen molar-refractivity contribution in [2.24, 2.45) is 0 Å². The van der Waals surface area contributed by atoms with Crippen LogP contribution in [0, 0.1) is 6.92 Å². The molecule has 2 aromatic carbocycles. The summed E-state index contributed by atoms with van der Waals surface area (Å²) in [7, 11) is 0. The Morgan fingerprint density at radius 3 is 2.52 bits per heavy atom. The third-order valence-corrected chi connectivity index (χ3v) is 4.67. The Bertz CT molecular complexity index is 699. The molecule has 1 atom stereocenters. The molecule has 1 fully saturated rings. The first kappa shape index (κ1) is 15.9. The van der Waals surface area contributed by atoms with Gasteiger partial charge in [-0.25, -0.2) is 0 Å². The fourth-order valence-corrected chi connectivity index (χ4v) is 3.28. The number of hydrogen-bond acceptors (Lipinski definition) is 2. The molecule has 0 aromatic heterocycles. The maximum atomic E-state index is 11.8. The third kappa shape index (κ3) is 3.50. The van der Waals surface area contributed by atoms with Crippen LogP contribution in [0.5, 0.6) is 0 Å². The van der Waals surface area contributed by atoms with Crippen molar-refractivity contribution >= 4 is 23.2 Å². The molecule has 3 rings (SSSR count). The first-order valence-corrected chi connectivity index (χ1v) is 8.26. The second kappa shape index (κ2) is 6.63. The van der Waals surface area contributed by atoms with Gasteiger partial charge in [0.1, 0.15) is 0 Å². The Morgan fingerprint density at radius 2 is 1.87 bits per heavy atom. The standard InChI is InChI=1S/C19H21ClN2O/c1-14-4-3-5-18(12-14)22-11-10-21(15(2)23)13-19(22)16-6-8-17(20)9-7-16/h3-9,12,19H,10-11,13H2,1-2H3. The molecule has 120 valence electrons. The maximum absolute atomic E-state index is 11.8. The molecule has 0 spiro atoms. The third-order valence-electron chi connectivity index (χ3n) is 4.41. The molecule has 1 unspecified atom stereocenters. The molecule has 0 bridgehead atoms. The maximum Gasteiger partial charge on any atom is 0.219 e. The Morgan fingerprint density at radius 1 is 1.13 bits per heavy atom. The van der Waals surface area contributed by atoms with E-state index in [2.05, 4.69) is 48.2 Å². The summed E-state index contributed by atoms with van der Waals surface area (Å²) >= 11 is 6.03. The first-order valence-electron chi connectivity index (χ1n) is 7.89. The van der Waals surface area contributed by atoms with Gasteiger partial charge in [-0.3, -0.25) is 4.79 Å². The number of carbonyl (C=O) groups is 1. The molecule has 1 aliphatic rings. The normalized spacial score (nSPS) is 18.1. The Kier molecular flexibility index (Phi) is 4.58. The zero-order valence-electron chi connectivity index (χ0n) is 13.5. The van der Waals surface area contributed by atoms with Crippen molar-refractivity contribution in [2.75, 3.05) is 24.5 Å². The van der Waals surface area contributed by atoms with Gasteiger partial charge in [0.25, 0.3) is 0 Å². The number of nitrogens with zero attached hydrogens (tertiary/aromatic N) is 2. The van der Waals surface area contributed by atoms with Crippen molar-refractivity contribution in [3.05, 3.63) is 64.7 Å². The molecule has 0 radical (unpaired) electrons. The zero-order valence-corrected chi connectivity index (χ0v) is 14.3. The van der Waals surface area contributed by atoms with Crippen LogP contribution in [-0.2, 0) is 4.79 Å². The molecule has 2 aromatic rings. The number of rotatable bonds is 2. The summed E-state index contributed by atoms with van der Waals surface area (Å²) in [6.07, 6.45) is 0. The smallest absolute Gasteiger partial charge is 0.219 e. The van der Waals surface area contributed by atoms with Gasteiger partial charge in [0, 0.05) is 37.3 Å². The number of benzene rings is 2. The number of halogens is 1. The molecular weight excluding hydrogens is 308 g/mol. The van der Waals surface area contributed by atoms with E-state index in [1.165, 1.54) is 16.8 Å². The van der Waals surface area contributed by atoms with E-state index in [-0.39, 0.29) is 11.9 Å². The van der Waals surface area contributed by atoms with Crippen molar-refractivity contribution in [3.63, 3.8) is 0 Å². The topological polar surface area (TPSA) is 23.6 Å². The minimum Gasteiger partial charge on any atom is -0.361 e. The number of anilines is 1. The average Bonchev–Trinajstić information content (AvgIpc) is 2.55.